The van der Waals surface area contributed by atoms with Crippen LogP contribution in [0.4, 0.5) is 0 Å². The Morgan fingerprint density at radius 2 is 2.22 bits per heavy atom. The Morgan fingerprint density at radius 1 is 1.39 bits per heavy atom. The van der Waals surface area contributed by atoms with E-state index in [1.807, 2.05) is 25.1 Å². The Bertz CT molecular complexity index is 523. The van der Waals surface area contributed by atoms with Crippen LogP contribution in [0.15, 0.2) is 18.2 Å². The molecular formula is C12H17N5O. The zero-order valence-corrected chi connectivity index (χ0v) is 10.6. The maximum Gasteiger partial charge on any atom is 0.175 e. The van der Waals surface area contributed by atoms with Gasteiger partial charge in [-0.2, -0.15) is 0 Å². The van der Waals surface area contributed by atoms with Gasteiger partial charge in [0, 0.05) is 6.42 Å². The fourth-order valence-corrected chi connectivity index (χ4v) is 1.70. The summed E-state index contributed by atoms with van der Waals surface area (Å²) in [5.41, 5.74) is 7.36. The number of nitrogens with zero attached hydrogens (tertiary/aromatic N) is 4. The first-order valence-corrected chi connectivity index (χ1v) is 5.88. The van der Waals surface area contributed by atoms with E-state index in [-0.39, 0.29) is 0 Å². The van der Waals surface area contributed by atoms with Crippen molar-refractivity contribution in [3.05, 3.63) is 29.6 Å². The monoisotopic (exact) mass is 247 g/mol. The van der Waals surface area contributed by atoms with Gasteiger partial charge >= 0.3 is 0 Å². The number of methoxy groups -OCH3 is 1. The molecule has 0 fully saturated rings. The third kappa shape index (κ3) is 2.65. The summed E-state index contributed by atoms with van der Waals surface area (Å²) < 4.78 is 5.21. The largest absolute Gasteiger partial charge is 0.496 e. The maximum atomic E-state index is 5.45. The second-order valence-electron chi connectivity index (χ2n) is 4.04. The Labute approximate surface area is 106 Å². The van der Waals surface area contributed by atoms with Crippen LogP contribution in [0.25, 0.3) is 5.69 Å². The molecule has 2 aromatic rings. The SMILES string of the molecule is COc1ccc(-n2nnc(CCCN)n2)cc1C. The van der Waals surface area contributed by atoms with Gasteiger partial charge in [-0.05, 0) is 48.9 Å². The van der Waals surface area contributed by atoms with E-state index in [4.69, 9.17) is 10.5 Å². The highest BCUT2D eigenvalue weighted by molar-refractivity contribution is 5.42. The highest BCUT2D eigenvalue weighted by Gasteiger charge is 2.06. The van der Waals surface area contributed by atoms with Crippen LogP contribution in [-0.4, -0.2) is 33.9 Å². The van der Waals surface area contributed by atoms with Gasteiger partial charge < -0.3 is 10.5 Å². The number of aromatic nitrogens is 4. The van der Waals surface area contributed by atoms with Gasteiger partial charge in [-0.15, -0.1) is 15.0 Å². The molecule has 1 heterocycles. The first-order valence-electron chi connectivity index (χ1n) is 5.88. The van der Waals surface area contributed by atoms with Crippen LogP contribution in [0, 0.1) is 6.92 Å². The van der Waals surface area contributed by atoms with Crippen LogP contribution in [0.1, 0.15) is 17.8 Å². The van der Waals surface area contributed by atoms with Crippen LogP contribution < -0.4 is 10.5 Å². The molecule has 0 saturated heterocycles. The smallest absolute Gasteiger partial charge is 0.175 e. The predicted molar refractivity (Wildman–Crippen MR) is 67.8 cm³/mol. The van der Waals surface area contributed by atoms with Crippen molar-refractivity contribution in [1.82, 2.24) is 20.2 Å². The Kier molecular flexibility index (Phi) is 3.88. The summed E-state index contributed by atoms with van der Waals surface area (Å²) >= 11 is 0. The van der Waals surface area contributed by atoms with Crippen LogP contribution in [0.3, 0.4) is 0 Å². The van der Waals surface area contributed by atoms with Crippen molar-refractivity contribution in [2.45, 2.75) is 19.8 Å². The number of aryl methyl sites for hydroxylation is 2. The third-order valence-electron chi connectivity index (χ3n) is 2.67. The molecule has 6 heteroatoms. The molecular weight excluding hydrogens is 230 g/mol. The second-order valence-corrected chi connectivity index (χ2v) is 4.04. The number of tetrazole rings is 1. The zero-order valence-electron chi connectivity index (χ0n) is 10.6. The summed E-state index contributed by atoms with van der Waals surface area (Å²) in [5, 5.41) is 12.3. The Hall–Kier alpha value is -1.95. The molecule has 0 unspecified atom stereocenters. The van der Waals surface area contributed by atoms with E-state index in [1.54, 1.807) is 7.11 Å². The standard InChI is InChI=1S/C12H17N5O/c1-9-8-10(5-6-11(9)18-2)17-15-12(14-16-17)4-3-7-13/h5-6,8H,3-4,7,13H2,1-2H3. The predicted octanol–water partition coefficient (Wildman–Crippen LogP) is 0.871. The molecule has 0 amide bonds. The second kappa shape index (κ2) is 5.59. The normalized spacial score (nSPS) is 10.6. The molecule has 0 spiro atoms. The third-order valence-corrected chi connectivity index (χ3v) is 2.67. The molecule has 0 bridgehead atoms. The highest BCUT2D eigenvalue weighted by Crippen LogP contribution is 2.19. The van der Waals surface area contributed by atoms with Crippen LogP contribution in [0.5, 0.6) is 5.75 Å². The summed E-state index contributed by atoms with van der Waals surface area (Å²) in [6.45, 7) is 2.62. The Morgan fingerprint density at radius 3 is 2.89 bits per heavy atom. The zero-order chi connectivity index (χ0) is 13.0. The van der Waals surface area contributed by atoms with Crippen molar-refractivity contribution in [2.75, 3.05) is 13.7 Å². The molecule has 18 heavy (non-hydrogen) atoms. The lowest BCUT2D eigenvalue weighted by Crippen LogP contribution is -2.03. The summed E-state index contributed by atoms with van der Waals surface area (Å²) in [6, 6.07) is 5.76. The lowest BCUT2D eigenvalue weighted by molar-refractivity contribution is 0.411. The molecule has 96 valence electrons. The van der Waals surface area contributed by atoms with E-state index in [2.05, 4.69) is 15.4 Å². The summed E-state index contributed by atoms with van der Waals surface area (Å²) in [5.74, 6) is 1.57. The van der Waals surface area contributed by atoms with Crippen molar-refractivity contribution in [1.29, 1.82) is 0 Å². The van der Waals surface area contributed by atoms with Crippen molar-refractivity contribution in [3.63, 3.8) is 0 Å². The minimum atomic E-state index is 0.635. The van der Waals surface area contributed by atoms with Gasteiger partial charge in [0.1, 0.15) is 5.75 Å². The average Bonchev–Trinajstić information content (AvgIpc) is 2.85. The topological polar surface area (TPSA) is 78.8 Å². The lowest BCUT2D eigenvalue weighted by atomic mass is 10.2. The minimum absolute atomic E-state index is 0.635. The van der Waals surface area contributed by atoms with E-state index in [0.29, 0.717) is 12.4 Å². The van der Waals surface area contributed by atoms with Crippen LogP contribution >= 0.6 is 0 Å². The van der Waals surface area contributed by atoms with Crippen molar-refractivity contribution >= 4 is 0 Å². The van der Waals surface area contributed by atoms with Gasteiger partial charge in [0.15, 0.2) is 5.82 Å². The summed E-state index contributed by atoms with van der Waals surface area (Å²) in [4.78, 5) is 1.53. The minimum Gasteiger partial charge on any atom is -0.496 e. The van der Waals surface area contributed by atoms with E-state index in [9.17, 15) is 0 Å². The van der Waals surface area contributed by atoms with Crippen LogP contribution in [-0.2, 0) is 6.42 Å². The summed E-state index contributed by atoms with van der Waals surface area (Å²) in [6.07, 6.45) is 1.62. The van der Waals surface area contributed by atoms with Gasteiger partial charge in [0.25, 0.3) is 0 Å². The number of hydrogen-bond acceptors (Lipinski definition) is 5. The molecule has 0 aliphatic carbocycles. The van der Waals surface area contributed by atoms with E-state index >= 15 is 0 Å². The van der Waals surface area contributed by atoms with E-state index in [1.165, 1.54) is 4.80 Å². The van der Waals surface area contributed by atoms with Crippen molar-refractivity contribution in [2.24, 2.45) is 5.73 Å². The van der Waals surface area contributed by atoms with Crippen LogP contribution in [0.2, 0.25) is 0 Å². The number of ether oxygens (including phenoxy) is 1. The lowest BCUT2D eigenvalue weighted by Gasteiger charge is -2.05. The molecule has 0 atom stereocenters. The fourth-order valence-electron chi connectivity index (χ4n) is 1.70. The van der Waals surface area contributed by atoms with Crippen molar-refractivity contribution < 1.29 is 4.74 Å². The molecule has 2 rings (SSSR count). The Balaban J connectivity index is 2.20. The molecule has 1 aromatic carbocycles. The van der Waals surface area contributed by atoms with E-state index < -0.39 is 0 Å². The molecule has 0 radical (unpaired) electrons. The van der Waals surface area contributed by atoms with Gasteiger partial charge in [0.2, 0.25) is 0 Å². The van der Waals surface area contributed by atoms with Gasteiger partial charge in [-0.3, -0.25) is 0 Å². The average molecular weight is 247 g/mol. The quantitative estimate of drug-likeness (QED) is 0.848. The first kappa shape index (κ1) is 12.5. The fraction of sp³-hybridized carbons (Fsp3) is 0.417. The van der Waals surface area contributed by atoms with Gasteiger partial charge in [0.05, 0.1) is 12.8 Å². The highest BCUT2D eigenvalue weighted by atomic mass is 16.5. The molecule has 0 aliphatic rings. The molecule has 2 N–H and O–H groups in total. The number of benzene rings is 1. The molecule has 1 aromatic heterocycles. The summed E-state index contributed by atoms with van der Waals surface area (Å²) in [7, 11) is 1.65. The number of rotatable bonds is 5. The number of nitrogens with two attached hydrogens (primary N) is 1. The van der Waals surface area contributed by atoms with E-state index in [0.717, 1.165) is 29.8 Å². The van der Waals surface area contributed by atoms with Gasteiger partial charge in [-0.1, -0.05) is 0 Å². The first-order chi connectivity index (χ1) is 8.74. The van der Waals surface area contributed by atoms with Crippen molar-refractivity contribution in [3.8, 4) is 11.4 Å². The maximum absolute atomic E-state index is 5.45. The van der Waals surface area contributed by atoms with Gasteiger partial charge in [-0.25, -0.2) is 0 Å². The number of hydrogen-bond donors (Lipinski definition) is 1. The molecule has 6 nitrogen and oxygen atoms in total. The molecule has 0 aliphatic heterocycles. The molecule has 0 saturated carbocycles.